The Morgan fingerprint density at radius 3 is 2.52 bits per heavy atom. The molecule has 0 radical (unpaired) electrons. The average molecular weight is 328 g/mol. The van der Waals surface area contributed by atoms with E-state index in [1.54, 1.807) is 30.5 Å². The Kier molecular flexibility index (Phi) is 4.44. The number of halogens is 1. The molecule has 1 aromatic heterocycles. The molecule has 2 aromatic carbocycles. The zero-order chi connectivity index (χ0) is 16.2. The van der Waals surface area contributed by atoms with Gasteiger partial charge in [-0.25, -0.2) is 9.78 Å². The SMILES string of the molecule is Cc1ccc(C(=O)OCc2ncc(-c3ccc(Cl)cc3)o2)cc1. The molecule has 0 aliphatic heterocycles. The molecule has 3 aromatic rings. The van der Waals surface area contributed by atoms with Crippen molar-refractivity contribution < 1.29 is 13.9 Å². The first-order valence-corrected chi connectivity index (χ1v) is 7.44. The number of carbonyl (C=O) groups excluding carboxylic acids is 1. The first-order valence-electron chi connectivity index (χ1n) is 7.06. The van der Waals surface area contributed by atoms with Gasteiger partial charge in [-0.3, -0.25) is 0 Å². The molecule has 0 spiro atoms. The van der Waals surface area contributed by atoms with E-state index in [2.05, 4.69) is 4.98 Å². The van der Waals surface area contributed by atoms with Crippen molar-refractivity contribution >= 4 is 17.6 Å². The molecule has 3 rings (SSSR count). The van der Waals surface area contributed by atoms with Gasteiger partial charge in [0, 0.05) is 10.6 Å². The predicted molar refractivity (Wildman–Crippen MR) is 87.2 cm³/mol. The van der Waals surface area contributed by atoms with Gasteiger partial charge in [-0.2, -0.15) is 0 Å². The van der Waals surface area contributed by atoms with Gasteiger partial charge in [0.15, 0.2) is 12.4 Å². The number of benzene rings is 2. The Hall–Kier alpha value is -2.59. The lowest BCUT2D eigenvalue weighted by Gasteiger charge is -2.02. The molecule has 4 nitrogen and oxygen atoms in total. The van der Waals surface area contributed by atoms with E-state index < -0.39 is 5.97 Å². The monoisotopic (exact) mass is 327 g/mol. The van der Waals surface area contributed by atoms with Crippen molar-refractivity contribution in [3.05, 3.63) is 76.8 Å². The molecule has 0 aliphatic rings. The van der Waals surface area contributed by atoms with E-state index in [0.29, 0.717) is 22.2 Å². The van der Waals surface area contributed by atoms with E-state index >= 15 is 0 Å². The second-order valence-electron chi connectivity index (χ2n) is 5.07. The van der Waals surface area contributed by atoms with Gasteiger partial charge in [-0.15, -0.1) is 0 Å². The van der Waals surface area contributed by atoms with E-state index in [1.165, 1.54) is 0 Å². The minimum Gasteiger partial charge on any atom is -0.452 e. The van der Waals surface area contributed by atoms with Crippen LogP contribution in [-0.4, -0.2) is 11.0 Å². The standard InChI is InChI=1S/C18H14ClNO3/c1-12-2-4-14(5-3-12)18(21)22-11-17-20-10-16(23-17)13-6-8-15(19)9-7-13/h2-10H,11H2,1H3. The molecule has 0 amide bonds. The maximum Gasteiger partial charge on any atom is 0.338 e. The molecule has 0 unspecified atom stereocenters. The molecular formula is C18H14ClNO3. The number of nitrogens with zero attached hydrogens (tertiary/aromatic N) is 1. The number of ether oxygens (including phenoxy) is 1. The van der Waals surface area contributed by atoms with Gasteiger partial charge in [0.25, 0.3) is 0 Å². The topological polar surface area (TPSA) is 52.3 Å². The largest absolute Gasteiger partial charge is 0.452 e. The molecule has 0 fully saturated rings. The lowest BCUT2D eigenvalue weighted by molar-refractivity contribution is 0.0439. The molecule has 1 heterocycles. The van der Waals surface area contributed by atoms with Gasteiger partial charge in [0.1, 0.15) is 0 Å². The van der Waals surface area contributed by atoms with Crippen molar-refractivity contribution in [3.63, 3.8) is 0 Å². The summed E-state index contributed by atoms with van der Waals surface area (Å²) in [6.45, 7) is 1.94. The molecule has 116 valence electrons. The summed E-state index contributed by atoms with van der Waals surface area (Å²) in [5, 5.41) is 0.653. The zero-order valence-corrected chi connectivity index (χ0v) is 13.2. The van der Waals surface area contributed by atoms with Crippen LogP contribution in [-0.2, 0) is 11.3 Å². The summed E-state index contributed by atoms with van der Waals surface area (Å²) in [6.07, 6.45) is 1.60. The molecule has 0 bridgehead atoms. The fourth-order valence-electron chi connectivity index (χ4n) is 2.02. The lowest BCUT2D eigenvalue weighted by atomic mass is 10.1. The maximum absolute atomic E-state index is 11.9. The summed E-state index contributed by atoms with van der Waals surface area (Å²) in [5.74, 6) is 0.537. The first kappa shape index (κ1) is 15.3. The molecular weight excluding hydrogens is 314 g/mol. The van der Waals surface area contributed by atoms with E-state index in [-0.39, 0.29) is 6.61 Å². The van der Waals surface area contributed by atoms with Crippen molar-refractivity contribution in [2.45, 2.75) is 13.5 Å². The number of aryl methyl sites for hydroxylation is 1. The summed E-state index contributed by atoms with van der Waals surface area (Å²) in [7, 11) is 0. The van der Waals surface area contributed by atoms with Gasteiger partial charge >= 0.3 is 5.97 Å². The number of esters is 1. The molecule has 0 aliphatic carbocycles. The Bertz CT molecular complexity index is 807. The third-order valence-corrected chi connectivity index (χ3v) is 3.55. The van der Waals surface area contributed by atoms with Crippen LogP contribution in [0.25, 0.3) is 11.3 Å². The van der Waals surface area contributed by atoms with E-state index in [0.717, 1.165) is 11.1 Å². The average Bonchev–Trinajstić information content (AvgIpc) is 3.03. The zero-order valence-electron chi connectivity index (χ0n) is 12.5. The Balaban J connectivity index is 1.64. The fraction of sp³-hybridized carbons (Fsp3) is 0.111. The number of hydrogen-bond donors (Lipinski definition) is 0. The summed E-state index contributed by atoms with van der Waals surface area (Å²) in [4.78, 5) is 16.1. The number of rotatable bonds is 4. The van der Waals surface area contributed by atoms with Crippen LogP contribution in [0.1, 0.15) is 21.8 Å². The molecule has 0 N–H and O–H groups in total. The minimum atomic E-state index is -0.406. The van der Waals surface area contributed by atoms with Crippen LogP contribution < -0.4 is 0 Å². The number of hydrogen-bond acceptors (Lipinski definition) is 4. The number of oxazole rings is 1. The highest BCUT2D eigenvalue weighted by atomic mass is 35.5. The van der Waals surface area contributed by atoms with Gasteiger partial charge in [0.05, 0.1) is 11.8 Å². The maximum atomic E-state index is 11.9. The van der Waals surface area contributed by atoms with E-state index in [9.17, 15) is 4.79 Å². The molecule has 23 heavy (non-hydrogen) atoms. The highest BCUT2D eigenvalue weighted by Gasteiger charge is 2.11. The molecule has 0 atom stereocenters. The van der Waals surface area contributed by atoms with Gasteiger partial charge in [-0.05, 0) is 43.3 Å². The Morgan fingerprint density at radius 2 is 1.83 bits per heavy atom. The van der Waals surface area contributed by atoms with Crippen molar-refractivity contribution in [1.82, 2.24) is 4.98 Å². The van der Waals surface area contributed by atoms with Crippen LogP contribution in [0, 0.1) is 6.92 Å². The van der Waals surface area contributed by atoms with Crippen molar-refractivity contribution in [2.75, 3.05) is 0 Å². The number of aromatic nitrogens is 1. The van der Waals surface area contributed by atoms with Crippen LogP contribution in [0.4, 0.5) is 0 Å². The van der Waals surface area contributed by atoms with Crippen LogP contribution in [0.15, 0.2) is 59.1 Å². The third-order valence-electron chi connectivity index (χ3n) is 3.30. The highest BCUT2D eigenvalue weighted by molar-refractivity contribution is 6.30. The van der Waals surface area contributed by atoms with Crippen molar-refractivity contribution in [2.24, 2.45) is 0 Å². The Morgan fingerprint density at radius 1 is 1.13 bits per heavy atom. The predicted octanol–water partition coefficient (Wildman–Crippen LogP) is 4.66. The first-order chi connectivity index (χ1) is 11.1. The molecule has 0 saturated heterocycles. The molecule has 0 saturated carbocycles. The summed E-state index contributed by atoms with van der Waals surface area (Å²) < 4.78 is 10.8. The molecule has 5 heteroatoms. The normalized spacial score (nSPS) is 10.5. The van der Waals surface area contributed by atoms with Crippen LogP contribution in [0.3, 0.4) is 0 Å². The van der Waals surface area contributed by atoms with Gasteiger partial charge < -0.3 is 9.15 Å². The van der Waals surface area contributed by atoms with Crippen LogP contribution in [0.2, 0.25) is 5.02 Å². The van der Waals surface area contributed by atoms with Gasteiger partial charge in [0.2, 0.25) is 5.89 Å². The highest BCUT2D eigenvalue weighted by Crippen LogP contribution is 2.22. The van der Waals surface area contributed by atoms with Crippen LogP contribution >= 0.6 is 11.6 Å². The second kappa shape index (κ2) is 6.67. The van der Waals surface area contributed by atoms with Gasteiger partial charge in [-0.1, -0.05) is 29.3 Å². The summed E-state index contributed by atoms with van der Waals surface area (Å²) in [5.41, 5.74) is 2.44. The lowest BCUT2D eigenvalue weighted by Crippen LogP contribution is -2.05. The summed E-state index contributed by atoms with van der Waals surface area (Å²) in [6, 6.07) is 14.4. The smallest absolute Gasteiger partial charge is 0.338 e. The minimum absolute atomic E-state index is 0.0136. The van der Waals surface area contributed by atoms with E-state index in [1.807, 2.05) is 31.2 Å². The second-order valence-corrected chi connectivity index (χ2v) is 5.50. The van der Waals surface area contributed by atoms with Crippen molar-refractivity contribution in [1.29, 1.82) is 0 Å². The fourth-order valence-corrected chi connectivity index (χ4v) is 2.15. The quantitative estimate of drug-likeness (QED) is 0.654. The summed E-state index contributed by atoms with van der Waals surface area (Å²) >= 11 is 5.85. The Labute approximate surface area is 138 Å². The number of carbonyl (C=O) groups is 1. The van der Waals surface area contributed by atoms with Crippen LogP contribution in [0.5, 0.6) is 0 Å². The van der Waals surface area contributed by atoms with E-state index in [4.69, 9.17) is 20.8 Å². The third kappa shape index (κ3) is 3.79. The van der Waals surface area contributed by atoms with Crippen molar-refractivity contribution in [3.8, 4) is 11.3 Å².